The standard InChI is InChI=1S/C21H22ClN5O4S/c1-11-6-14(15-8-18(22)24-10-17(15)30-2)16(9-23-11)19(29)25-20-26-27-21(32-20)31-13-5-3-4-12(28)7-13/h6,8-10,12-13,28H,3-5,7H2,1-2H3,(H,25,26,29)/t12-,13-/m1/s1. The first-order valence-corrected chi connectivity index (χ1v) is 11.3. The summed E-state index contributed by atoms with van der Waals surface area (Å²) in [4.78, 5) is 21.4. The van der Waals surface area contributed by atoms with Crippen molar-refractivity contribution in [2.45, 2.75) is 44.8 Å². The topological polar surface area (TPSA) is 119 Å². The number of rotatable bonds is 6. The van der Waals surface area contributed by atoms with Crippen LogP contribution in [0, 0.1) is 6.92 Å². The van der Waals surface area contributed by atoms with Gasteiger partial charge in [-0.1, -0.05) is 16.7 Å². The minimum Gasteiger partial charge on any atom is -0.494 e. The van der Waals surface area contributed by atoms with E-state index in [9.17, 15) is 9.90 Å². The zero-order valence-electron chi connectivity index (χ0n) is 17.5. The number of carbonyl (C=O) groups excluding carboxylic acids is 1. The Bertz CT molecular complexity index is 1130. The monoisotopic (exact) mass is 475 g/mol. The van der Waals surface area contributed by atoms with Crippen molar-refractivity contribution in [1.29, 1.82) is 0 Å². The zero-order valence-corrected chi connectivity index (χ0v) is 19.1. The largest absolute Gasteiger partial charge is 0.494 e. The van der Waals surface area contributed by atoms with Gasteiger partial charge in [0.05, 0.1) is 25.0 Å². The van der Waals surface area contributed by atoms with Crippen LogP contribution in [-0.4, -0.2) is 50.5 Å². The number of amides is 1. The lowest BCUT2D eigenvalue weighted by molar-refractivity contribution is 0.0531. The summed E-state index contributed by atoms with van der Waals surface area (Å²) in [6.45, 7) is 1.83. The molecule has 1 amide bonds. The van der Waals surface area contributed by atoms with Crippen LogP contribution in [0.25, 0.3) is 11.1 Å². The second-order valence-electron chi connectivity index (χ2n) is 7.47. The number of halogens is 1. The number of nitrogens with one attached hydrogen (secondary N) is 1. The molecule has 4 rings (SSSR count). The quantitative estimate of drug-likeness (QED) is 0.515. The van der Waals surface area contributed by atoms with E-state index < -0.39 is 5.91 Å². The Morgan fingerprint density at radius 3 is 2.84 bits per heavy atom. The molecule has 0 saturated heterocycles. The molecule has 168 valence electrons. The second kappa shape index (κ2) is 9.76. The number of pyridine rings is 2. The number of aliphatic hydroxyl groups is 1. The van der Waals surface area contributed by atoms with Crippen molar-refractivity contribution in [2.24, 2.45) is 0 Å². The minimum atomic E-state index is -0.404. The summed E-state index contributed by atoms with van der Waals surface area (Å²) in [7, 11) is 1.52. The Labute approximate surface area is 193 Å². The molecule has 0 aliphatic heterocycles. The van der Waals surface area contributed by atoms with Crippen molar-refractivity contribution < 1.29 is 19.4 Å². The van der Waals surface area contributed by atoms with Crippen LogP contribution in [0.15, 0.2) is 24.5 Å². The number of ether oxygens (including phenoxy) is 2. The zero-order chi connectivity index (χ0) is 22.7. The number of aryl methyl sites for hydroxylation is 1. The molecule has 3 aromatic heterocycles. The average Bonchev–Trinajstić information content (AvgIpc) is 3.20. The third-order valence-electron chi connectivity index (χ3n) is 5.12. The van der Waals surface area contributed by atoms with Crippen molar-refractivity contribution in [3.8, 4) is 22.1 Å². The van der Waals surface area contributed by atoms with Crippen LogP contribution in [0.3, 0.4) is 0 Å². The summed E-state index contributed by atoms with van der Waals surface area (Å²) in [6, 6.07) is 3.42. The van der Waals surface area contributed by atoms with E-state index in [-0.39, 0.29) is 17.4 Å². The Hall–Kier alpha value is -2.82. The number of methoxy groups -OCH3 is 1. The van der Waals surface area contributed by atoms with Crippen LogP contribution >= 0.6 is 22.9 Å². The van der Waals surface area contributed by atoms with Crippen molar-refractivity contribution in [1.82, 2.24) is 20.2 Å². The maximum atomic E-state index is 13.1. The van der Waals surface area contributed by atoms with Gasteiger partial charge in [-0.3, -0.25) is 15.1 Å². The van der Waals surface area contributed by atoms with E-state index in [1.165, 1.54) is 19.5 Å². The van der Waals surface area contributed by atoms with Gasteiger partial charge in [-0.05, 0) is 49.7 Å². The first kappa shape index (κ1) is 22.4. The molecule has 0 radical (unpaired) electrons. The van der Waals surface area contributed by atoms with Gasteiger partial charge in [0.15, 0.2) is 0 Å². The molecule has 1 aliphatic carbocycles. The van der Waals surface area contributed by atoms with E-state index in [0.717, 1.165) is 36.3 Å². The van der Waals surface area contributed by atoms with Gasteiger partial charge in [0, 0.05) is 29.4 Å². The van der Waals surface area contributed by atoms with E-state index >= 15 is 0 Å². The maximum Gasteiger partial charge on any atom is 0.296 e. The van der Waals surface area contributed by atoms with Crippen molar-refractivity contribution in [3.05, 3.63) is 40.9 Å². The van der Waals surface area contributed by atoms with Gasteiger partial charge in [-0.15, -0.1) is 5.10 Å². The predicted molar refractivity (Wildman–Crippen MR) is 121 cm³/mol. The van der Waals surface area contributed by atoms with Crippen LogP contribution in [-0.2, 0) is 0 Å². The van der Waals surface area contributed by atoms with E-state index in [1.807, 2.05) is 6.92 Å². The van der Waals surface area contributed by atoms with Crippen LogP contribution < -0.4 is 14.8 Å². The van der Waals surface area contributed by atoms with Gasteiger partial charge in [-0.25, -0.2) is 4.98 Å². The molecule has 0 bridgehead atoms. The molecule has 2 atom stereocenters. The van der Waals surface area contributed by atoms with E-state index in [4.69, 9.17) is 21.1 Å². The predicted octanol–water partition coefficient (Wildman–Crippen LogP) is 3.90. The molecule has 32 heavy (non-hydrogen) atoms. The molecule has 3 heterocycles. The highest BCUT2D eigenvalue weighted by molar-refractivity contribution is 7.17. The molecule has 0 aromatic carbocycles. The minimum absolute atomic E-state index is 0.105. The SMILES string of the molecule is COc1cnc(Cl)cc1-c1cc(C)ncc1C(=O)Nc1nnc(O[C@@H]2CCC[C@@H](O)C2)s1. The third-order valence-corrected chi connectivity index (χ3v) is 6.06. The summed E-state index contributed by atoms with van der Waals surface area (Å²) in [5, 5.41) is 21.5. The molecule has 11 heteroatoms. The van der Waals surface area contributed by atoms with Gasteiger partial charge in [0.2, 0.25) is 5.13 Å². The van der Waals surface area contributed by atoms with Gasteiger partial charge in [0.25, 0.3) is 11.1 Å². The van der Waals surface area contributed by atoms with Crippen LogP contribution in [0.2, 0.25) is 5.15 Å². The fraction of sp³-hybridized carbons (Fsp3) is 0.381. The van der Waals surface area contributed by atoms with E-state index in [1.54, 1.807) is 12.1 Å². The fourth-order valence-electron chi connectivity index (χ4n) is 3.60. The summed E-state index contributed by atoms with van der Waals surface area (Å²) >= 11 is 7.22. The Balaban J connectivity index is 1.55. The van der Waals surface area contributed by atoms with Gasteiger partial charge in [-0.2, -0.15) is 0 Å². The van der Waals surface area contributed by atoms with Gasteiger partial charge >= 0.3 is 0 Å². The van der Waals surface area contributed by atoms with Crippen LogP contribution in [0.5, 0.6) is 10.9 Å². The second-order valence-corrected chi connectivity index (χ2v) is 8.79. The van der Waals surface area contributed by atoms with Crippen molar-refractivity contribution in [3.63, 3.8) is 0 Å². The highest BCUT2D eigenvalue weighted by Crippen LogP contribution is 2.34. The molecule has 1 aliphatic rings. The number of nitrogens with zero attached hydrogens (tertiary/aromatic N) is 4. The smallest absolute Gasteiger partial charge is 0.296 e. The molecule has 0 spiro atoms. The highest BCUT2D eigenvalue weighted by Gasteiger charge is 2.24. The summed E-state index contributed by atoms with van der Waals surface area (Å²) in [6.07, 6.45) is 5.65. The fourth-order valence-corrected chi connectivity index (χ4v) is 4.41. The number of carbonyl (C=O) groups is 1. The first-order valence-electron chi connectivity index (χ1n) is 10.1. The van der Waals surface area contributed by atoms with Crippen molar-refractivity contribution >= 4 is 34.0 Å². The maximum absolute atomic E-state index is 13.1. The van der Waals surface area contributed by atoms with E-state index in [0.29, 0.717) is 39.2 Å². The molecule has 2 N–H and O–H groups in total. The highest BCUT2D eigenvalue weighted by atomic mass is 35.5. The molecule has 1 saturated carbocycles. The lowest BCUT2D eigenvalue weighted by Gasteiger charge is -2.25. The summed E-state index contributed by atoms with van der Waals surface area (Å²) < 4.78 is 11.2. The Morgan fingerprint density at radius 1 is 1.22 bits per heavy atom. The Morgan fingerprint density at radius 2 is 2.06 bits per heavy atom. The molecular weight excluding hydrogens is 454 g/mol. The molecule has 9 nitrogen and oxygen atoms in total. The number of anilines is 1. The number of aliphatic hydroxyl groups excluding tert-OH is 1. The van der Waals surface area contributed by atoms with Gasteiger partial charge < -0.3 is 14.6 Å². The van der Waals surface area contributed by atoms with Crippen LogP contribution in [0.1, 0.15) is 41.7 Å². The lowest BCUT2D eigenvalue weighted by Crippen LogP contribution is -2.28. The Kier molecular flexibility index (Phi) is 6.83. The third kappa shape index (κ3) is 5.14. The first-order chi connectivity index (χ1) is 15.4. The number of aromatic nitrogens is 4. The molecular formula is C21H22ClN5O4S. The summed E-state index contributed by atoms with van der Waals surface area (Å²) in [5.74, 6) is 0.0774. The average molecular weight is 476 g/mol. The lowest BCUT2D eigenvalue weighted by atomic mass is 9.95. The molecule has 0 unspecified atom stereocenters. The summed E-state index contributed by atoms with van der Waals surface area (Å²) in [5.41, 5.74) is 2.28. The normalized spacial score (nSPS) is 18.2. The van der Waals surface area contributed by atoms with E-state index in [2.05, 4.69) is 25.5 Å². The molecule has 1 fully saturated rings. The van der Waals surface area contributed by atoms with Gasteiger partial charge in [0.1, 0.15) is 17.0 Å². The number of hydrogen-bond acceptors (Lipinski definition) is 9. The van der Waals surface area contributed by atoms with Crippen molar-refractivity contribution in [2.75, 3.05) is 12.4 Å². The number of hydrogen-bond donors (Lipinski definition) is 2. The van der Waals surface area contributed by atoms with Crippen LogP contribution in [0.4, 0.5) is 5.13 Å². The molecule has 3 aromatic rings.